The molecule has 2 rings (SSSR count). The van der Waals surface area contributed by atoms with Gasteiger partial charge in [-0.2, -0.15) is 0 Å². The Labute approximate surface area is 118 Å². The summed E-state index contributed by atoms with van der Waals surface area (Å²) in [4.78, 5) is 12.0. The summed E-state index contributed by atoms with van der Waals surface area (Å²) in [6, 6.07) is 11.0. The molecule has 0 bridgehead atoms. The van der Waals surface area contributed by atoms with Crippen LogP contribution in [0, 0.1) is 6.92 Å². The molecule has 0 saturated heterocycles. The largest absolute Gasteiger partial charge is 0.469 e. The van der Waals surface area contributed by atoms with Crippen LogP contribution in [0.4, 0.5) is 0 Å². The van der Waals surface area contributed by atoms with Gasteiger partial charge in [-0.25, -0.2) is 0 Å². The molecule has 0 aliphatic heterocycles. The van der Waals surface area contributed by atoms with Crippen LogP contribution in [-0.4, -0.2) is 23.2 Å². The van der Waals surface area contributed by atoms with E-state index in [2.05, 4.69) is 5.32 Å². The van der Waals surface area contributed by atoms with Crippen molar-refractivity contribution in [2.45, 2.75) is 32.4 Å². The average Bonchev–Trinajstić information content (AvgIpc) is 2.86. The highest BCUT2D eigenvalue weighted by Crippen LogP contribution is 2.10. The Bertz CT molecular complexity index is 562. The van der Waals surface area contributed by atoms with Gasteiger partial charge in [0.15, 0.2) is 0 Å². The second kappa shape index (κ2) is 6.39. The second-order valence-corrected chi connectivity index (χ2v) is 4.91. The van der Waals surface area contributed by atoms with Crippen LogP contribution < -0.4 is 5.32 Å². The molecule has 0 saturated carbocycles. The molecule has 0 aliphatic rings. The van der Waals surface area contributed by atoms with Gasteiger partial charge >= 0.3 is 0 Å². The number of hydrogen-bond donors (Lipinski definition) is 2. The molecule has 1 heterocycles. The lowest BCUT2D eigenvalue weighted by Gasteiger charge is -2.20. The molecule has 0 aliphatic carbocycles. The van der Waals surface area contributed by atoms with E-state index in [9.17, 15) is 9.90 Å². The average molecular weight is 273 g/mol. The Morgan fingerprint density at radius 1 is 1.30 bits per heavy atom. The van der Waals surface area contributed by atoms with Crippen LogP contribution in [0.1, 0.15) is 28.6 Å². The summed E-state index contributed by atoms with van der Waals surface area (Å²) in [6.07, 6.45) is 1.36. The van der Waals surface area contributed by atoms with E-state index < -0.39 is 6.10 Å². The van der Waals surface area contributed by atoms with Gasteiger partial charge in [-0.05, 0) is 25.5 Å². The zero-order valence-electron chi connectivity index (χ0n) is 11.7. The van der Waals surface area contributed by atoms with Crippen LogP contribution >= 0.6 is 0 Å². The monoisotopic (exact) mass is 273 g/mol. The van der Waals surface area contributed by atoms with Crippen molar-refractivity contribution >= 4 is 5.91 Å². The van der Waals surface area contributed by atoms with Crippen molar-refractivity contribution in [1.29, 1.82) is 0 Å². The Balaban J connectivity index is 1.93. The van der Waals surface area contributed by atoms with Gasteiger partial charge in [0.2, 0.25) is 0 Å². The highest BCUT2D eigenvalue weighted by Gasteiger charge is 2.19. The third-order valence-electron chi connectivity index (χ3n) is 3.33. The molecule has 20 heavy (non-hydrogen) atoms. The Morgan fingerprint density at radius 3 is 2.60 bits per heavy atom. The van der Waals surface area contributed by atoms with E-state index in [4.69, 9.17) is 4.42 Å². The predicted molar refractivity (Wildman–Crippen MR) is 76.5 cm³/mol. The second-order valence-electron chi connectivity index (χ2n) is 4.91. The van der Waals surface area contributed by atoms with Crippen molar-refractivity contribution in [2.75, 3.05) is 0 Å². The van der Waals surface area contributed by atoms with Crippen LogP contribution in [0.25, 0.3) is 0 Å². The number of aryl methyl sites for hydroxylation is 1. The van der Waals surface area contributed by atoms with Crippen molar-refractivity contribution in [2.24, 2.45) is 0 Å². The molecule has 1 aromatic heterocycles. The number of carbonyl (C=O) groups is 1. The summed E-state index contributed by atoms with van der Waals surface area (Å²) >= 11 is 0. The maximum Gasteiger partial charge on any atom is 0.255 e. The predicted octanol–water partition coefficient (Wildman–Crippen LogP) is 2.31. The molecule has 0 radical (unpaired) electrons. The van der Waals surface area contributed by atoms with Gasteiger partial charge in [0.1, 0.15) is 5.76 Å². The molecule has 4 nitrogen and oxygen atoms in total. The molecule has 2 atom stereocenters. The van der Waals surface area contributed by atoms with E-state index in [1.807, 2.05) is 30.3 Å². The van der Waals surface area contributed by atoms with Crippen molar-refractivity contribution in [3.8, 4) is 0 Å². The Kier molecular flexibility index (Phi) is 4.58. The van der Waals surface area contributed by atoms with Gasteiger partial charge in [-0.1, -0.05) is 30.3 Å². The standard InChI is InChI=1S/C16H19NO3/c1-11(15(18)10-13-6-4-3-5-7-13)17-16(19)14-8-9-20-12(14)2/h3-9,11,15,18H,10H2,1-2H3,(H,17,19). The summed E-state index contributed by atoms with van der Waals surface area (Å²) in [5, 5.41) is 12.9. The van der Waals surface area contributed by atoms with Gasteiger partial charge in [-0.3, -0.25) is 4.79 Å². The number of amides is 1. The minimum absolute atomic E-state index is 0.226. The number of carbonyl (C=O) groups excluding carboxylic acids is 1. The van der Waals surface area contributed by atoms with Crippen LogP contribution in [0.5, 0.6) is 0 Å². The number of hydrogen-bond acceptors (Lipinski definition) is 3. The number of furan rings is 1. The van der Waals surface area contributed by atoms with E-state index in [0.29, 0.717) is 17.7 Å². The van der Waals surface area contributed by atoms with E-state index >= 15 is 0 Å². The van der Waals surface area contributed by atoms with Gasteiger partial charge in [0.25, 0.3) is 5.91 Å². The van der Waals surface area contributed by atoms with E-state index in [1.54, 1.807) is 19.9 Å². The molecule has 2 unspecified atom stereocenters. The summed E-state index contributed by atoms with van der Waals surface area (Å²) < 4.78 is 5.10. The van der Waals surface area contributed by atoms with Crippen LogP contribution in [0.2, 0.25) is 0 Å². The first-order valence-corrected chi connectivity index (χ1v) is 6.65. The number of rotatable bonds is 5. The molecule has 1 aromatic carbocycles. The summed E-state index contributed by atoms with van der Waals surface area (Å²) in [5.41, 5.74) is 1.55. The van der Waals surface area contributed by atoms with Crippen LogP contribution in [0.3, 0.4) is 0 Å². The Morgan fingerprint density at radius 2 is 2.00 bits per heavy atom. The van der Waals surface area contributed by atoms with Gasteiger partial charge < -0.3 is 14.8 Å². The van der Waals surface area contributed by atoms with Gasteiger partial charge in [0.05, 0.1) is 24.0 Å². The van der Waals surface area contributed by atoms with Crippen molar-refractivity contribution < 1.29 is 14.3 Å². The lowest BCUT2D eigenvalue weighted by molar-refractivity contribution is 0.0850. The Hall–Kier alpha value is -2.07. The molecule has 0 spiro atoms. The molecule has 4 heteroatoms. The highest BCUT2D eigenvalue weighted by atomic mass is 16.3. The zero-order valence-corrected chi connectivity index (χ0v) is 11.7. The maximum absolute atomic E-state index is 12.0. The fourth-order valence-corrected chi connectivity index (χ4v) is 2.03. The van der Waals surface area contributed by atoms with E-state index in [0.717, 1.165) is 5.56 Å². The number of benzene rings is 1. The minimum atomic E-state index is -0.631. The highest BCUT2D eigenvalue weighted by molar-refractivity contribution is 5.95. The van der Waals surface area contributed by atoms with E-state index in [-0.39, 0.29) is 11.9 Å². The number of nitrogens with one attached hydrogen (secondary N) is 1. The fraction of sp³-hybridized carbons (Fsp3) is 0.312. The molecular formula is C16H19NO3. The van der Waals surface area contributed by atoms with Crippen LogP contribution in [0.15, 0.2) is 47.1 Å². The first-order chi connectivity index (χ1) is 9.58. The normalized spacial score (nSPS) is 13.8. The van der Waals surface area contributed by atoms with Crippen molar-refractivity contribution in [3.05, 3.63) is 59.5 Å². The summed E-state index contributed by atoms with van der Waals surface area (Å²) in [7, 11) is 0. The molecular weight excluding hydrogens is 254 g/mol. The fourth-order valence-electron chi connectivity index (χ4n) is 2.03. The van der Waals surface area contributed by atoms with Gasteiger partial charge in [-0.15, -0.1) is 0 Å². The quantitative estimate of drug-likeness (QED) is 0.878. The lowest BCUT2D eigenvalue weighted by Crippen LogP contribution is -2.42. The molecule has 106 valence electrons. The molecule has 2 N–H and O–H groups in total. The van der Waals surface area contributed by atoms with Gasteiger partial charge in [0, 0.05) is 6.42 Å². The summed E-state index contributed by atoms with van der Waals surface area (Å²) in [5.74, 6) is 0.350. The number of aliphatic hydroxyl groups excluding tert-OH is 1. The maximum atomic E-state index is 12.0. The molecule has 1 amide bonds. The van der Waals surface area contributed by atoms with Crippen LogP contribution in [-0.2, 0) is 6.42 Å². The first kappa shape index (κ1) is 14.3. The van der Waals surface area contributed by atoms with E-state index in [1.165, 1.54) is 6.26 Å². The topological polar surface area (TPSA) is 62.5 Å². The van der Waals surface area contributed by atoms with Crippen molar-refractivity contribution in [3.63, 3.8) is 0 Å². The smallest absolute Gasteiger partial charge is 0.255 e. The molecule has 0 fully saturated rings. The summed E-state index contributed by atoms with van der Waals surface area (Å²) in [6.45, 7) is 3.53. The third-order valence-corrected chi connectivity index (χ3v) is 3.33. The number of aliphatic hydroxyl groups is 1. The minimum Gasteiger partial charge on any atom is -0.469 e. The van der Waals surface area contributed by atoms with Crippen molar-refractivity contribution in [1.82, 2.24) is 5.32 Å². The lowest BCUT2D eigenvalue weighted by atomic mass is 10.0. The first-order valence-electron chi connectivity index (χ1n) is 6.65. The SMILES string of the molecule is Cc1occc1C(=O)NC(C)C(O)Cc1ccccc1. The molecule has 2 aromatic rings. The zero-order chi connectivity index (χ0) is 14.5. The third kappa shape index (κ3) is 3.48.